The molecule has 3 rings (SSSR count). The number of hydrogen-bond donors (Lipinski definition) is 5. The fraction of sp³-hybridized carbons (Fsp3) is 0.406. The van der Waals surface area contributed by atoms with Crippen molar-refractivity contribution >= 4 is 17.7 Å². The van der Waals surface area contributed by atoms with Crippen LogP contribution in [0.3, 0.4) is 0 Å². The van der Waals surface area contributed by atoms with Crippen molar-refractivity contribution < 1.29 is 24.7 Å². The molecule has 0 bridgehead atoms. The number of nitrogens with one attached hydrogen (secondary N) is 3. The third-order valence-electron chi connectivity index (χ3n) is 6.90. The van der Waals surface area contributed by atoms with E-state index in [0.717, 1.165) is 11.1 Å². The molecule has 0 aliphatic carbocycles. The van der Waals surface area contributed by atoms with Crippen molar-refractivity contribution in [2.75, 3.05) is 7.05 Å². The predicted molar refractivity (Wildman–Crippen MR) is 164 cm³/mol. The lowest BCUT2D eigenvalue weighted by molar-refractivity contribution is -0.147. The number of aliphatic hydroxyl groups excluding tert-OH is 1. The second kappa shape index (κ2) is 16.7. The van der Waals surface area contributed by atoms with E-state index in [9.17, 15) is 19.5 Å². The van der Waals surface area contributed by atoms with Crippen LogP contribution in [-0.4, -0.2) is 62.0 Å². The molecule has 3 amide bonds. The summed E-state index contributed by atoms with van der Waals surface area (Å²) in [6.45, 7) is 9.05. The van der Waals surface area contributed by atoms with Gasteiger partial charge in [0.25, 0.3) is 5.91 Å². The van der Waals surface area contributed by atoms with Crippen molar-refractivity contribution in [3.63, 3.8) is 0 Å². The van der Waals surface area contributed by atoms with Gasteiger partial charge in [0.15, 0.2) is 0 Å². The highest BCUT2D eigenvalue weighted by molar-refractivity contribution is 5.92. The zero-order valence-corrected chi connectivity index (χ0v) is 26.2. The molecule has 3 aromatic rings. The minimum Gasteiger partial charge on any atom is -0.382 e. The standard InChI is InChI=1S/C17H11N5.C15H29N3O5/c18-9-13-1-5-15(6-2-13)17(22-12-20-11-21-22)16-7-3-14(10-19)4-8-16;1-8(2)7-9(10(19)13(21)18-23)12(20)17-11(14(22)16-6)15(3,4)5/h1-8,11-12,17H;8-11,19,23H,7H2,1-6H3,(H,16,22)(H,17,20)(H,18,21)/t;9-,10+,11-/m.1/s1. The first kappa shape index (κ1) is 36.1. The van der Waals surface area contributed by atoms with E-state index >= 15 is 0 Å². The fourth-order valence-corrected chi connectivity index (χ4v) is 4.53. The van der Waals surface area contributed by atoms with Gasteiger partial charge < -0.3 is 15.7 Å². The molecule has 13 heteroatoms. The Balaban J connectivity index is 0.000000313. The highest BCUT2D eigenvalue weighted by Crippen LogP contribution is 2.26. The summed E-state index contributed by atoms with van der Waals surface area (Å²) in [7, 11) is 1.47. The van der Waals surface area contributed by atoms with E-state index < -0.39 is 35.3 Å². The quantitative estimate of drug-likeness (QED) is 0.167. The molecule has 0 unspecified atom stereocenters. The normalized spacial score (nSPS) is 12.9. The van der Waals surface area contributed by atoms with Crippen molar-refractivity contribution in [2.45, 2.75) is 59.2 Å². The number of rotatable bonds is 10. The van der Waals surface area contributed by atoms with Gasteiger partial charge in [0.2, 0.25) is 11.8 Å². The molecule has 1 aromatic heterocycles. The molecular formula is C32H40N8O5. The molecule has 0 saturated heterocycles. The summed E-state index contributed by atoms with van der Waals surface area (Å²) in [6, 6.07) is 18.0. The zero-order valence-electron chi connectivity index (χ0n) is 26.2. The van der Waals surface area contributed by atoms with E-state index in [4.69, 9.17) is 15.7 Å². The molecule has 0 radical (unpaired) electrons. The van der Waals surface area contributed by atoms with Gasteiger partial charge in [-0.25, -0.2) is 15.1 Å². The van der Waals surface area contributed by atoms with Gasteiger partial charge in [-0.05, 0) is 53.1 Å². The highest BCUT2D eigenvalue weighted by Gasteiger charge is 2.38. The molecule has 0 saturated carbocycles. The molecule has 13 nitrogen and oxygen atoms in total. The van der Waals surface area contributed by atoms with Crippen LogP contribution in [0.25, 0.3) is 0 Å². The van der Waals surface area contributed by atoms with Crippen molar-refractivity contribution in [3.05, 3.63) is 83.4 Å². The zero-order chi connectivity index (χ0) is 33.7. The monoisotopic (exact) mass is 616 g/mol. The van der Waals surface area contributed by atoms with Crippen LogP contribution in [-0.2, 0) is 14.4 Å². The Morgan fingerprint density at radius 1 is 0.911 bits per heavy atom. The smallest absolute Gasteiger partial charge is 0.272 e. The molecule has 45 heavy (non-hydrogen) atoms. The van der Waals surface area contributed by atoms with E-state index in [-0.39, 0.29) is 24.3 Å². The van der Waals surface area contributed by atoms with Crippen LogP contribution in [0.15, 0.2) is 61.2 Å². The van der Waals surface area contributed by atoms with Crippen LogP contribution in [0.4, 0.5) is 0 Å². The number of nitrogens with zero attached hydrogens (tertiary/aromatic N) is 5. The second-order valence-electron chi connectivity index (χ2n) is 11.8. The largest absolute Gasteiger partial charge is 0.382 e. The molecule has 2 aromatic carbocycles. The first-order chi connectivity index (χ1) is 21.3. The Hall–Kier alpha value is -5.11. The Morgan fingerprint density at radius 3 is 1.78 bits per heavy atom. The molecule has 0 spiro atoms. The van der Waals surface area contributed by atoms with E-state index in [1.807, 2.05) is 38.1 Å². The molecule has 3 atom stereocenters. The van der Waals surface area contributed by atoms with Gasteiger partial charge in [-0.2, -0.15) is 15.6 Å². The minimum atomic E-state index is -1.70. The maximum atomic E-state index is 12.5. The number of hydrogen-bond acceptors (Lipinski definition) is 9. The van der Waals surface area contributed by atoms with E-state index in [2.05, 4.69) is 32.9 Å². The molecule has 0 fully saturated rings. The summed E-state index contributed by atoms with van der Waals surface area (Å²) in [5.74, 6) is -3.08. The number of carbonyl (C=O) groups excluding carboxylic acids is 3. The van der Waals surface area contributed by atoms with Gasteiger partial charge in [-0.15, -0.1) is 0 Å². The van der Waals surface area contributed by atoms with Crippen molar-refractivity contribution in [1.29, 1.82) is 10.5 Å². The van der Waals surface area contributed by atoms with Crippen molar-refractivity contribution in [3.8, 4) is 12.1 Å². The topological polar surface area (TPSA) is 206 Å². The number of aliphatic hydroxyl groups is 1. The minimum absolute atomic E-state index is 0.0278. The third-order valence-corrected chi connectivity index (χ3v) is 6.90. The summed E-state index contributed by atoms with van der Waals surface area (Å²) in [4.78, 5) is 39.9. The maximum absolute atomic E-state index is 12.5. The van der Waals surface area contributed by atoms with Crippen molar-refractivity contribution in [1.82, 2.24) is 30.9 Å². The van der Waals surface area contributed by atoms with E-state index in [0.29, 0.717) is 11.1 Å². The number of carbonyl (C=O) groups is 3. The Morgan fingerprint density at radius 2 is 1.42 bits per heavy atom. The number of hydroxylamine groups is 1. The molecule has 0 aliphatic rings. The lowest BCUT2D eigenvalue weighted by Crippen LogP contribution is -2.56. The first-order valence-corrected chi connectivity index (χ1v) is 14.3. The summed E-state index contributed by atoms with van der Waals surface area (Å²) in [5.41, 5.74) is 4.00. The van der Waals surface area contributed by atoms with Gasteiger partial charge in [0, 0.05) is 7.05 Å². The van der Waals surface area contributed by atoms with Gasteiger partial charge in [-0.1, -0.05) is 58.9 Å². The fourth-order valence-electron chi connectivity index (χ4n) is 4.53. The van der Waals surface area contributed by atoms with Crippen LogP contribution < -0.4 is 16.1 Å². The molecule has 5 N–H and O–H groups in total. The molecule has 0 aliphatic heterocycles. The number of benzene rings is 2. The number of likely N-dealkylation sites (N-methyl/N-ethyl adjacent to an activating group) is 1. The Kier molecular flexibility index (Phi) is 13.4. The summed E-state index contributed by atoms with van der Waals surface area (Å²) >= 11 is 0. The average Bonchev–Trinajstić information content (AvgIpc) is 3.56. The van der Waals surface area contributed by atoms with Crippen molar-refractivity contribution in [2.24, 2.45) is 17.3 Å². The molecule has 1 heterocycles. The molecular weight excluding hydrogens is 576 g/mol. The maximum Gasteiger partial charge on any atom is 0.272 e. The van der Waals surface area contributed by atoms with Gasteiger partial charge >= 0.3 is 0 Å². The lowest BCUT2D eigenvalue weighted by atomic mass is 9.84. The highest BCUT2D eigenvalue weighted by atomic mass is 16.5. The number of aromatic nitrogens is 3. The van der Waals surface area contributed by atoms with Crippen LogP contribution in [0.5, 0.6) is 0 Å². The van der Waals surface area contributed by atoms with E-state index in [1.165, 1.54) is 18.9 Å². The SMILES string of the molecule is CNC(=O)[C@@H](NC(=O)[C@H](CC(C)C)[C@H](O)C(=O)NO)C(C)(C)C.N#Cc1ccc(C(c2ccc(C#N)cc2)n2cncn2)cc1. The molecule has 238 valence electrons. The lowest BCUT2D eigenvalue weighted by Gasteiger charge is -2.32. The summed E-state index contributed by atoms with van der Waals surface area (Å²) in [5, 5.41) is 45.8. The number of nitriles is 2. The number of amides is 3. The second-order valence-corrected chi connectivity index (χ2v) is 11.8. The van der Waals surface area contributed by atoms with Gasteiger partial charge in [-0.3, -0.25) is 19.6 Å². The summed E-state index contributed by atoms with van der Waals surface area (Å²) < 4.78 is 1.75. The Bertz CT molecular complexity index is 1430. The Labute approximate surface area is 262 Å². The van der Waals surface area contributed by atoms with Gasteiger partial charge in [0.1, 0.15) is 30.8 Å². The van der Waals surface area contributed by atoms with Crippen LogP contribution in [0.2, 0.25) is 0 Å². The van der Waals surface area contributed by atoms with Crippen LogP contribution >= 0.6 is 0 Å². The van der Waals surface area contributed by atoms with Crippen LogP contribution in [0.1, 0.15) is 69.3 Å². The van der Waals surface area contributed by atoms with E-state index in [1.54, 1.807) is 56.0 Å². The predicted octanol–water partition coefficient (Wildman–Crippen LogP) is 2.45. The first-order valence-electron chi connectivity index (χ1n) is 14.3. The average molecular weight is 617 g/mol. The third kappa shape index (κ3) is 10.2. The van der Waals surface area contributed by atoms with Crippen LogP contribution in [0, 0.1) is 39.9 Å². The van der Waals surface area contributed by atoms with Gasteiger partial charge in [0.05, 0.1) is 29.2 Å². The summed E-state index contributed by atoms with van der Waals surface area (Å²) in [6.07, 6.45) is 1.67.